The van der Waals surface area contributed by atoms with Gasteiger partial charge in [0.25, 0.3) is 0 Å². The largest absolute Gasteiger partial charge is 0.504 e. The molecule has 3 N–H and O–H groups in total. The molecular formula is C18H26N4O2. The first-order valence-electron chi connectivity index (χ1n) is 8.22. The molecule has 0 saturated heterocycles. The molecule has 0 spiro atoms. The molecule has 0 aliphatic heterocycles. The Balaban J connectivity index is 1.86. The number of phenols is 1. The van der Waals surface area contributed by atoms with Crippen molar-refractivity contribution < 1.29 is 9.84 Å². The van der Waals surface area contributed by atoms with E-state index in [1.54, 1.807) is 13.2 Å². The van der Waals surface area contributed by atoms with Crippen LogP contribution in [-0.4, -0.2) is 42.4 Å². The fraction of sp³-hybridized carbons (Fsp3) is 0.389. The minimum atomic E-state index is 0.195. The number of phenolic OH excluding ortho intramolecular Hbond substituents is 1. The Morgan fingerprint density at radius 1 is 1.21 bits per heavy atom. The summed E-state index contributed by atoms with van der Waals surface area (Å²) in [5, 5.41) is 16.6. The third-order valence-electron chi connectivity index (χ3n) is 3.63. The lowest BCUT2D eigenvalue weighted by Crippen LogP contribution is -2.39. The van der Waals surface area contributed by atoms with E-state index in [4.69, 9.17) is 4.74 Å². The number of rotatable bonds is 8. The Bertz CT molecular complexity index is 638. The molecule has 0 atom stereocenters. The zero-order valence-corrected chi connectivity index (χ0v) is 14.3. The first-order chi connectivity index (χ1) is 11.7. The molecule has 6 heteroatoms. The third-order valence-corrected chi connectivity index (χ3v) is 3.63. The van der Waals surface area contributed by atoms with Crippen molar-refractivity contribution >= 4 is 5.96 Å². The van der Waals surface area contributed by atoms with Gasteiger partial charge in [-0.1, -0.05) is 12.1 Å². The molecule has 1 aromatic carbocycles. The maximum Gasteiger partial charge on any atom is 0.191 e. The topological polar surface area (TPSA) is 70.8 Å². The first-order valence-corrected chi connectivity index (χ1v) is 8.22. The van der Waals surface area contributed by atoms with E-state index in [1.165, 1.54) is 0 Å². The number of nitrogens with one attached hydrogen (secondary N) is 2. The van der Waals surface area contributed by atoms with Crippen LogP contribution in [0.5, 0.6) is 11.5 Å². The SMILES string of the molecule is CCNC(=NCCc1cccc(OC)c1O)NCCn1cccc1. The molecule has 6 nitrogen and oxygen atoms in total. The lowest BCUT2D eigenvalue weighted by molar-refractivity contribution is 0.370. The average molecular weight is 330 g/mol. The molecule has 0 unspecified atom stereocenters. The highest BCUT2D eigenvalue weighted by molar-refractivity contribution is 5.79. The van der Waals surface area contributed by atoms with E-state index in [1.807, 2.05) is 43.6 Å². The highest BCUT2D eigenvalue weighted by Crippen LogP contribution is 2.29. The Kier molecular flexibility index (Phi) is 7.01. The molecule has 1 heterocycles. The van der Waals surface area contributed by atoms with Crippen LogP contribution in [0.2, 0.25) is 0 Å². The van der Waals surface area contributed by atoms with Crippen LogP contribution in [0, 0.1) is 0 Å². The zero-order valence-electron chi connectivity index (χ0n) is 14.3. The van der Waals surface area contributed by atoms with E-state index >= 15 is 0 Å². The molecule has 0 radical (unpaired) electrons. The monoisotopic (exact) mass is 330 g/mol. The van der Waals surface area contributed by atoms with Gasteiger partial charge in [-0.05, 0) is 37.1 Å². The number of methoxy groups -OCH3 is 1. The predicted molar refractivity (Wildman–Crippen MR) is 96.8 cm³/mol. The second-order valence-electron chi connectivity index (χ2n) is 5.33. The Morgan fingerprint density at radius 3 is 2.71 bits per heavy atom. The van der Waals surface area contributed by atoms with Crippen LogP contribution in [0.4, 0.5) is 0 Å². The van der Waals surface area contributed by atoms with Crippen molar-refractivity contribution in [1.29, 1.82) is 0 Å². The third kappa shape index (κ3) is 5.22. The number of aliphatic imine (C=N–C) groups is 1. The van der Waals surface area contributed by atoms with Crippen molar-refractivity contribution in [2.45, 2.75) is 19.9 Å². The van der Waals surface area contributed by atoms with Gasteiger partial charge >= 0.3 is 0 Å². The smallest absolute Gasteiger partial charge is 0.191 e. The van der Waals surface area contributed by atoms with Gasteiger partial charge in [0.2, 0.25) is 0 Å². The summed E-state index contributed by atoms with van der Waals surface area (Å²) >= 11 is 0. The molecule has 0 amide bonds. The standard InChI is InChI=1S/C18H26N4O2/c1-3-19-18(21-11-14-22-12-4-5-13-22)20-10-9-15-7-6-8-16(24-2)17(15)23/h4-8,12-13,23H,3,9-11,14H2,1-2H3,(H2,19,20,21). The summed E-state index contributed by atoms with van der Waals surface area (Å²) in [5.41, 5.74) is 0.835. The summed E-state index contributed by atoms with van der Waals surface area (Å²) in [6, 6.07) is 9.53. The van der Waals surface area contributed by atoms with E-state index in [-0.39, 0.29) is 5.75 Å². The van der Waals surface area contributed by atoms with Gasteiger partial charge in [0.05, 0.1) is 7.11 Å². The van der Waals surface area contributed by atoms with Crippen LogP contribution < -0.4 is 15.4 Å². The highest BCUT2D eigenvalue weighted by atomic mass is 16.5. The molecule has 24 heavy (non-hydrogen) atoms. The van der Waals surface area contributed by atoms with Gasteiger partial charge in [-0.2, -0.15) is 0 Å². The zero-order chi connectivity index (χ0) is 17.2. The molecule has 0 bridgehead atoms. The molecule has 130 valence electrons. The quantitative estimate of drug-likeness (QED) is 0.511. The van der Waals surface area contributed by atoms with Crippen LogP contribution in [-0.2, 0) is 13.0 Å². The van der Waals surface area contributed by atoms with Crippen molar-refractivity contribution in [3.05, 3.63) is 48.3 Å². The van der Waals surface area contributed by atoms with Crippen LogP contribution >= 0.6 is 0 Å². The normalized spacial score (nSPS) is 11.3. The summed E-state index contributed by atoms with van der Waals surface area (Å²) in [6.45, 7) is 5.11. The van der Waals surface area contributed by atoms with Crippen molar-refractivity contribution in [2.24, 2.45) is 4.99 Å². The highest BCUT2D eigenvalue weighted by Gasteiger charge is 2.06. The van der Waals surface area contributed by atoms with Gasteiger partial charge in [-0.25, -0.2) is 0 Å². The molecule has 0 saturated carbocycles. The Morgan fingerprint density at radius 2 is 2.00 bits per heavy atom. The second kappa shape index (κ2) is 9.50. The number of benzene rings is 1. The van der Waals surface area contributed by atoms with Gasteiger partial charge in [0.1, 0.15) is 0 Å². The van der Waals surface area contributed by atoms with E-state index in [9.17, 15) is 5.11 Å². The molecule has 2 rings (SSSR count). The van der Waals surface area contributed by atoms with Gasteiger partial charge in [-0.3, -0.25) is 4.99 Å². The van der Waals surface area contributed by atoms with Gasteiger partial charge in [0.15, 0.2) is 17.5 Å². The average Bonchev–Trinajstić information content (AvgIpc) is 3.10. The molecular weight excluding hydrogens is 304 g/mol. The van der Waals surface area contributed by atoms with Crippen LogP contribution in [0.3, 0.4) is 0 Å². The van der Waals surface area contributed by atoms with Crippen molar-refractivity contribution in [1.82, 2.24) is 15.2 Å². The van der Waals surface area contributed by atoms with Crippen LogP contribution in [0.15, 0.2) is 47.7 Å². The van der Waals surface area contributed by atoms with Crippen LogP contribution in [0.25, 0.3) is 0 Å². The van der Waals surface area contributed by atoms with Gasteiger partial charge < -0.3 is 25.0 Å². The Hall–Kier alpha value is -2.63. The number of hydrogen-bond acceptors (Lipinski definition) is 3. The maximum absolute atomic E-state index is 10.1. The summed E-state index contributed by atoms with van der Waals surface area (Å²) in [7, 11) is 1.55. The number of hydrogen-bond donors (Lipinski definition) is 3. The first kappa shape index (κ1) is 17.7. The minimum absolute atomic E-state index is 0.195. The van der Waals surface area contributed by atoms with E-state index in [0.29, 0.717) is 18.7 Å². The van der Waals surface area contributed by atoms with Gasteiger partial charge in [0, 0.05) is 38.6 Å². The van der Waals surface area contributed by atoms with E-state index in [2.05, 4.69) is 20.2 Å². The lowest BCUT2D eigenvalue weighted by atomic mass is 10.1. The van der Waals surface area contributed by atoms with Crippen molar-refractivity contribution in [3.63, 3.8) is 0 Å². The van der Waals surface area contributed by atoms with Crippen LogP contribution in [0.1, 0.15) is 12.5 Å². The number of nitrogens with zero attached hydrogens (tertiary/aromatic N) is 2. The second-order valence-corrected chi connectivity index (χ2v) is 5.33. The molecule has 2 aromatic rings. The summed E-state index contributed by atoms with van der Waals surface area (Å²) in [6.07, 6.45) is 4.73. The van der Waals surface area contributed by atoms with E-state index < -0.39 is 0 Å². The summed E-state index contributed by atoms with van der Waals surface area (Å²) in [5.74, 6) is 1.47. The Labute approximate surface area is 143 Å². The van der Waals surface area contributed by atoms with Gasteiger partial charge in [-0.15, -0.1) is 0 Å². The summed E-state index contributed by atoms with van der Waals surface area (Å²) in [4.78, 5) is 4.56. The minimum Gasteiger partial charge on any atom is -0.504 e. The number of ether oxygens (including phenoxy) is 1. The number of para-hydroxylation sites is 1. The predicted octanol–water partition coefficient (Wildman–Crippen LogP) is 2.00. The fourth-order valence-corrected chi connectivity index (χ4v) is 2.39. The van der Waals surface area contributed by atoms with E-state index in [0.717, 1.165) is 31.2 Å². The lowest BCUT2D eigenvalue weighted by Gasteiger charge is -2.12. The summed E-state index contributed by atoms with van der Waals surface area (Å²) < 4.78 is 7.24. The molecule has 1 aromatic heterocycles. The molecule has 0 aliphatic carbocycles. The van der Waals surface area contributed by atoms with Crippen molar-refractivity contribution in [3.8, 4) is 11.5 Å². The molecule has 0 aliphatic rings. The molecule has 0 fully saturated rings. The maximum atomic E-state index is 10.1. The van der Waals surface area contributed by atoms with Crippen molar-refractivity contribution in [2.75, 3.05) is 26.7 Å². The fourth-order valence-electron chi connectivity index (χ4n) is 2.39. The number of aromatic nitrogens is 1. The number of aromatic hydroxyl groups is 1. The number of guanidine groups is 1.